The highest BCUT2D eigenvalue weighted by atomic mass is 35.5. The number of thiazole rings is 1. The van der Waals surface area contributed by atoms with E-state index in [0.717, 1.165) is 53.6 Å². The van der Waals surface area contributed by atoms with Gasteiger partial charge in [-0.15, -0.1) is 0 Å². The average Bonchev–Trinajstić information content (AvgIpc) is 3.19. The molecular formula is C22H25ClN4O2S. The first-order chi connectivity index (χ1) is 14.5. The highest BCUT2D eigenvalue weighted by Crippen LogP contribution is 2.38. The minimum atomic E-state index is -0.0179. The maximum Gasteiger partial charge on any atom is 0.251 e. The van der Waals surface area contributed by atoms with Gasteiger partial charge in [0.15, 0.2) is 10.9 Å². The first-order valence-corrected chi connectivity index (χ1v) is 11.2. The highest BCUT2D eigenvalue weighted by Gasteiger charge is 2.21. The third-order valence-electron chi connectivity index (χ3n) is 5.33. The molecule has 158 valence electrons. The van der Waals surface area contributed by atoms with Crippen LogP contribution >= 0.6 is 22.9 Å². The van der Waals surface area contributed by atoms with Crippen LogP contribution in [0.15, 0.2) is 36.4 Å². The summed E-state index contributed by atoms with van der Waals surface area (Å²) >= 11 is 7.89. The van der Waals surface area contributed by atoms with E-state index in [4.69, 9.17) is 21.3 Å². The number of fused-ring (bicyclic) bond motifs is 1. The summed E-state index contributed by atoms with van der Waals surface area (Å²) in [5.41, 5.74) is 2.68. The predicted molar refractivity (Wildman–Crippen MR) is 123 cm³/mol. The molecule has 1 N–H and O–H groups in total. The van der Waals surface area contributed by atoms with E-state index in [0.29, 0.717) is 22.9 Å². The Morgan fingerprint density at radius 1 is 1.17 bits per heavy atom. The Morgan fingerprint density at radius 3 is 2.60 bits per heavy atom. The van der Waals surface area contributed by atoms with E-state index >= 15 is 0 Å². The summed E-state index contributed by atoms with van der Waals surface area (Å²) in [6, 6.07) is 11.5. The number of methoxy groups -OCH3 is 1. The van der Waals surface area contributed by atoms with E-state index in [1.807, 2.05) is 43.3 Å². The normalized spacial score (nSPS) is 14.8. The summed E-state index contributed by atoms with van der Waals surface area (Å²) in [6.45, 7) is 7.19. The average molecular weight is 445 g/mol. The molecule has 6 nitrogen and oxygen atoms in total. The summed E-state index contributed by atoms with van der Waals surface area (Å²) in [7, 11) is 1.62. The van der Waals surface area contributed by atoms with Crippen molar-refractivity contribution in [2.24, 2.45) is 0 Å². The molecule has 0 aliphatic carbocycles. The van der Waals surface area contributed by atoms with Crippen molar-refractivity contribution < 1.29 is 9.53 Å². The first kappa shape index (κ1) is 20.9. The second-order valence-corrected chi connectivity index (χ2v) is 8.79. The van der Waals surface area contributed by atoms with Gasteiger partial charge in [0.2, 0.25) is 0 Å². The van der Waals surface area contributed by atoms with E-state index in [9.17, 15) is 4.79 Å². The van der Waals surface area contributed by atoms with Crippen LogP contribution in [0, 0.1) is 6.92 Å². The van der Waals surface area contributed by atoms with E-state index in [-0.39, 0.29) is 5.91 Å². The lowest BCUT2D eigenvalue weighted by Crippen LogP contribution is -2.48. The van der Waals surface area contributed by atoms with Gasteiger partial charge in [-0.1, -0.05) is 40.6 Å². The van der Waals surface area contributed by atoms with Gasteiger partial charge in [-0.2, -0.15) is 0 Å². The van der Waals surface area contributed by atoms with Crippen molar-refractivity contribution in [3.05, 3.63) is 52.5 Å². The van der Waals surface area contributed by atoms with Gasteiger partial charge in [0, 0.05) is 44.8 Å². The number of anilines is 1. The number of amides is 1. The zero-order valence-electron chi connectivity index (χ0n) is 17.2. The van der Waals surface area contributed by atoms with Crippen LogP contribution in [0.5, 0.6) is 5.75 Å². The van der Waals surface area contributed by atoms with E-state index in [2.05, 4.69) is 15.1 Å². The molecule has 2 heterocycles. The van der Waals surface area contributed by atoms with Crippen LogP contribution in [0.4, 0.5) is 5.13 Å². The van der Waals surface area contributed by atoms with Crippen molar-refractivity contribution in [1.29, 1.82) is 0 Å². The van der Waals surface area contributed by atoms with Gasteiger partial charge in [-0.3, -0.25) is 9.69 Å². The number of rotatable bonds is 6. The number of nitrogens with zero attached hydrogens (tertiary/aromatic N) is 3. The smallest absolute Gasteiger partial charge is 0.251 e. The van der Waals surface area contributed by atoms with E-state index in [1.54, 1.807) is 18.4 Å². The highest BCUT2D eigenvalue weighted by molar-refractivity contribution is 7.22. The molecule has 8 heteroatoms. The molecule has 1 fully saturated rings. The Hall–Kier alpha value is -2.35. The molecule has 2 aromatic carbocycles. The molecule has 3 aromatic rings. The van der Waals surface area contributed by atoms with Crippen LogP contribution in [0.25, 0.3) is 10.2 Å². The first-order valence-electron chi connectivity index (χ1n) is 10.0. The fraction of sp³-hybridized carbons (Fsp3) is 0.364. The predicted octanol–water partition coefficient (Wildman–Crippen LogP) is 3.82. The minimum Gasteiger partial charge on any atom is -0.493 e. The Balaban J connectivity index is 1.28. The van der Waals surface area contributed by atoms with Gasteiger partial charge < -0.3 is 15.0 Å². The number of ether oxygens (including phenoxy) is 1. The lowest BCUT2D eigenvalue weighted by Gasteiger charge is -2.34. The summed E-state index contributed by atoms with van der Waals surface area (Å²) in [4.78, 5) is 21.7. The third-order valence-corrected chi connectivity index (χ3v) is 6.71. The number of aryl methyl sites for hydroxylation is 1. The summed E-state index contributed by atoms with van der Waals surface area (Å²) in [5, 5.41) is 4.59. The zero-order chi connectivity index (χ0) is 21.1. The molecule has 4 rings (SSSR count). The molecule has 1 amide bonds. The Morgan fingerprint density at radius 2 is 1.90 bits per heavy atom. The number of benzene rings is 2. The van der Waals surface area contributed by atoms with Crippen LogP contribution in [0.1, 0.15) is 15.9 Å². The van der Waals surface area contributed by atoms with Crippen LogP contribution in [-0.2, 0) is 0 Å². The van der Waals surface area contributed by atoms with Crippen LogP contribution in [0.2, 0.25) is 5.02 Å². The number of carbonyl (C=O) groups is 1. The van der Waals surface area contributed by atoms with Crippen molar-refractivity contribution in [2.75, 3.05) is 51.3 Å². The Kier molecular flexibility index (Phi) is 6.41. The molecule has 0 atom stereocenters. The summed E-state index contributed by atoms with van der Waals surface area (Å²) < 4.78 is 6.50. The summed E-state index contributed by atoms with van der Waals surface area (Å²) in [5.74, 6) is 0.621. The molecule has 0 bridgehead atoms. The molecule has 1 saturated heterocycles. The molecule has 1 aliphatic rings. The van der Waals surface area contributed by atoms with Crippen molar-refractivity contribution in [1.82, 2.24) is 15.2 Å². The molecule has 1 aliphatic heterocycles. The fourth-order valence-corrected chi connectivity index (χ4v) is 4.81. The van der Waals surface area contributed by atoms with Gasteiger partial charge in [0.25, 0.3) is 5.91 Å². The molecule has 0 unspecified atom stereocenters. The lowest BCUT2D eigenvalue weighted by molar-refractivity contribution is 0.0948. The van der Waals surface area contributed by atoms with Crippen molar-refractivity contribution in [2.45, 2.75) is 6.92 Å². The van der Waals surface area contributed by atoms with E-state index < -0.39 is 0 Å². The van der Waals surface area contributed by atoms with Gasteiger partial charge in [-0.25, -0.2) is 4.98 Å². The van der Waals surface area contributed by atoms with Crippen molar-refractivity contribution >= 4 is 44.2 Å². The SMILES string of the molecule is COc1c(Cl)ccc2sc(N3CCN(CCNC(=O)c4ccc(C)cc4)CC3)nc12. The van der Waals surface area contributed by atoms with E-state index in [1.165, 1.54) is 0 Å². The fourth-order valence-electron chi connectivity index (χ4n) is 3.56. The molecular weight excluding hydrogens is 420 g/mol. The number of piperazine rings is 1. The third kappa shape index (κ3) is 4.53. The van der Waals surface area contributed by atoms with Crippen molar-refractivity contribution in [3.63, 3.8) is 0 Å². The monoisotopic (exact) mass is 444 g/mol. The van der Waals surface area contributed by atoms with Gasteiger partial charge in [0.1, 0.15) is 5.52 Å². The van der Waals surface area contributed by atoms with Crippen molar-refractivity contribution in [3.8, 4) is 5.75 Å². The molecule has 1 aromatic heterocycles. The van der Waals surface area contributed by atoms with Gasteiger partial charge in [0.05, 0.1) is 16.8 Å². The second kappa shape index (κ2) is 9.20. The second-order valence-electron chi connectivity index (χ2n) is 7.37. The van der Waals surface area contributed by atoms with Crippen LogP contribution in [0.3, 0.4) is 0 Å². The molecule has 0 saturated carbocycles. The molecule has 0 radical (unpaired) electrons. The topological polar surface area (TPSA) is 57.7 Å². The quantitative estimate of drug-likeness (QED) is 0.626. The largest absolute Gasteiger partial charge is 0.493 e. The number of hydrogen-bond donors (Lipinski definition) is 1. The number of carbonyl (C=O) groups excluding carboxylic acids is 1. The Labute approximate surface area is 185 Å². The number of halogens is 1. The van der Waals surface area contributed by atoms with Crippen LogP contribution in [-0.4, -0.2) is 62.2 Å². The molecule has 30 heavy (non-hydrogen) atoms. The zero-order valence-corrected chi connectivity index (χ0v) is 18.7. The number of nitrogens with one attached hydrogen (secondary N) is 1. The number of aromatic nitrogens is 1. The minimum absolute atomic E-state index is 0.0179. The number of hydrogen-bond acceptors (Lipinski definition) is 6. The van der Waals surface area contributed by atoms with Crippen LogP contribution < -0.4 is 15.0 Å². The Bertz CT molecular complexity index is 1030. The molecule has 0 spiro atoms. The maximum atomic E-state index is 12.2. The van der Waals surface area contributed by atoms with Gasteiger partial charge >= 0.3 is 0 Å². The standard InChI is InChI=1S/C22H25ClN4O2S/c1-15-3-5-16(6-4-15)21(28)24-9-10-26-11-13-27(14-12-26)22-25-19-18(30-22)8-7-17(23)20(19)29-2/h3-8H,9-14H2,1-2H3,(H,24,28). The van der Waals surface area contributed by atoms with Gasteiger partial charge in [-0.05, 0) is 31.2 Å². The lowest BCUT2D eigenvalue weighted by atomic mass is 10.1. The maximum absolute atomic E-state index is 12.2. The summed E-state index contributed by atoms with van der Waals surface area (Å²) in [6.07, 6.45) is 0.